The van der Waals surface area contributed by atoms with Crippen molar-refractivity contribution in [1.29, 1.82) is 0 Å². The summed E-state index contributed by atoms with van der Waals surface area (Å²) in [6.07, 6.45) is 4.48. The van der Waals surface area contributed by atoms with Crippen LogP contribution in [0.5, 0.6) is 0 Å². The zero-order valence-corrected chi connectivity index (χ0v) is 15.5. The Morgan fingerprint density at radius 3 is 2.37 bits per heavy atom. The van der Waals surface area contributed by atoms with Crippen LogP contribution in [-0.4, -0.2) is 64.8 Å². The molecular weight excluding hydrogens is 341 g/mol. The Labute approximate surface area is 158 Å². The summed E-state index contributed by atoms with van der Waals surface area (Å²) in [6, 6.07) is 10.5. The molecular formula is C21H24FN5. The molecule has 27 heavy (non-hydrogen) atoms. The molecule has 0 spiro atoms. The second kappa shape index (κ2) is 7.98. The summed E-state index contributed by atoms with van der Waals surface area (Å²) in [7, 11) is 2.17. The molecule has 0 aliphatic carbocycles. The molecule has 0 unspecified atom stereocenters. The molecule has 1 saturated heterocycles. The molecule has 1 fully saturated rings. The van der Waals surface area contributed by atoms with E-state index in [0.717, 1.165) is 67.2 Å². The Morgan fingerprint density at radius 2 is 1.67 bits per heavy atom. The van der Waals surface area contributed by atoms with Gasteiger partial charge in [-0.1, -0.05) is 0 Å². The number of aromatic nitrogens is 3. The van der Waals surface area contributed by atoms with Crippen molar-refractivity contribution in [3.63, 3.8) is 0 Å². The van der Waals surface area contributed by atoms with E-state index in [4.69, 9.17) is 0 Å². The van der Waals surface area contributed by atoms with E-state index in [9.17, 15) is 4.39 Å². The number of nitrogens with one attached hydrogen (secondary N) is 1. The Morgan fingerprint density at radius 1 is 0.963 bits per heavy atom. The smallest absolute Gasteiger partial charge is 0.123 e. The number of H-pyrrole nitrogens is 1. The molecule has 4 rings (SSSR count). The van der Waals surface area contributed by atoms with Gasteiger partial charge in [-0.25, -0.2) is 4.39 Å². The average Bonchev–Trinajstić information content (AvgIpc) is 3.13. The van der Waals surface area contributed by atoms with E-state index in [1.807, 2.05) is 12.1 Å². The summed E-state index contributed by atoms with van der Waals surface area (Å²) >= 11 is 0. The van der Waals surface area contributed by atoms with Gasteiger partial charge in [0.1, 0.15) is 11.5 Å². The minimum Gasteiger partial charge on any atom is -0.304 e. The van der Waals surface area contributed by atoms with Crippen molar-refractivity contribution in [1.82, 2.24) is 25.0 Å². The molecule has 140 valence electrons. The molecule has 1 aliphatic rings. The Bertz CT molecular complexity index is 867. The predicted molar refractivity (Wildman–Crippen MR) is 105 cm³/mol. The first-order valence-electron chi connectivity index (χ1n) is 9.35. The number of piperazine rings is 1. The van der Waals surface area contributed by atoms with Crippen molar-refractivity contribution in [2.24, 2.45) is 0 Å². The maximum atomic E-state index is 13.3. The lowest BCUT2D eigenvalue weighted by atomic mass is 9.98. The fourth-order valence-electron chi connectivity index (χ4n) is 3.55. The van der Waals surface area contributed by atoms with E-state index in [-0.39, 0.29) is 5.82 Å². The lowest BCUT2D eigenvalue weighted by Gasteiger charge is -2.32. The van der Waals surface area contributed by atoms with Gasteiger partial charge in [-0.3, -0.25) is 10.1 Å². The van der Waals surface area contributed by atoms with Crippen LogP contribution in [0.1, 0.15) is 5.69 Å². The summed E-state index contributed by atoms with van der Waals surface area (Å²) < 4.78 is 13.3. The van der Waals surface area contributed by atoms with Gasteiger partial charge in [-0.05, 0) is 49.0 Å². The molecule has 5 nitrogen and oxygen atoms in total. The molecule has 1 aliphatic heterocycles. The first-order chi connectivity index (χ1) is 13.2. The Kier molecular flexibility index (Phi) is 5.27. The van der Waals surface area contributed by atoms with Crippen molar-refractivity contribution < 1.29 is 4.39 Å². The lowest BCUT2D eigenvalue weighted by molar-refractivity contribution is 0.155. The van der Waals surface area contributed by atoms with Gasteiger partial charge >= 0.3 is 0 Å². The van der Waals surface area contributed by atoms with E-state index in [2.05, 4.69) is 32.0 Å². The van der Waals surface area contributed by atoms with Crippen LogP contribution in [0.15, 0.2) is 48.8 Å². The number of pyridine rings is 1. The Balaban J connectivity index is 1.62. The van der Waals surface area contributed by atoms with Gasteiger partial charge in [0.15, 0.2) is 0 Å². The first kappa shape index (κ1) is 17.8. The summed E-state index contributed by atoms with van der Waals surface area (Å²) in [5.41, 5.74) is 5.03. The quantitative estimate of drug-likeness (QED) is 0.755. The van der Waals surface area contributed by atoms with Crippen molar-refractivity contribution in [2.75, 3.05) is 39.8 Å². The van der Waals surface area contributed by atoms with E-state index in [1.54, 1.807) is 24.5 Å². The monoisotopic (exact) mass is 365 g/mol. The van der Waals surface area contributed by atoms with E-state index in [0.29, 0.717) is 0 Å². The fourth-order valence-corrected chi connectivity index (χ4v) is 3.55. The first-order valence-corrected chi connectivity index (χ1v) is 9.35. The minimum absolute atomic E-state index is 0.241. The van der Waals surface area contributed by atoms with Crippen LogP contribution in [0.3, 0.4) is 0 Å². The van der Waals surface area contributed by atoms with Crippen molar-refractivity contribution in [2.45, 2.75) is 6.42 Å². The van der Waals surface area contributed by atoms with Crippen molar-refractivity contribution in [3.8, 4) is 22.4 Å². The number of nitrogens with zero attached hydrogens (tertiary/aromatic N) is 4. The molecule has 0 radical (unpaired) electrons. The maximum Gasteiger partial charge on any atom is 0.123 e. The van der Waals surface area contributed by atoms with Gasteiger partial charge in [0.05, 0.1) is 0 Å². The molecule has 1 N–H and O–H groups in total. The van der Waals surface area contributed by atoms with Gasteiger partial charge in [0.2, 0.25) is 0 Å². The van der Waals surface area contributed by atoms with Gasteiger partial charge in [0, 0.05) is 68.4 Å². The molecule has 6 heteroatoms. The van der Waals surface area contributed by atoms with E-state index < -0.39 is 0 Å². The van der Waals surface area contributed by atoms with Crippen molar-refractivity contribution >= 4 is 0 Å². The molecule has 2 aromatic heterocycles. The standard InChI is InChI=1S/C21H24FN5/c1-26-12-14-27(15-13-26)11-8-19-20(16-6-9-23-10-7-16)21(25-24-19)17-2-4-18(22)5-3-17/h2-7,9-10H,8,11-15H2,1H3,(H,24,25). The molecule has 0 atom stereocenters. The molecule has 1 aromatic carbocycles. The lowest BCUT2D eigenvalue weighted by Crippen LogP contribution is -2.45. The van der Waals surface area contributed by atoms with Crippen LogP contribution in [0.4, 0.5) is 4.39 Å². The third-order valence-corrected chi connectivity index (χ3v) is 5.20. The highest BCUT2D eigenvalue weighted by Crippen LogP contribution is 2.33. The number of halogens is 1. The number of aromatic amines is 1. The third kappa shape index (κ3) is 4.07. The maximum absolute atomic E-state index is 13.3. The van der Waals surface area contributed by atoms with Crippen LogP contribution < -0.4 is 0 Å². The highest BCUT2D eigenvalue weighted by Gasteiger charge is 2.19. The summed E-state index contributed by atoms with van der Waals surface area (Å²) in [5, 5.41) is 7.81. The molecule has 0 amide bonds. The van der Waals surface area contributed by atoms with Crippen LogP contribution >= 0.6 is 0 Å². The average molecular weight is 365 g/mol. The van der Waals surface area contributed by atoms with E-state index in [1.165, 1.54) is 12.1 Å². The van der Waals surface area contributed by atoms with Gasteiger partial charge < -0.3 is 9.80 Å². The van der Waals surface area contributed by atoms with Crippen LogP contribution in [0.25, 0.3) is 22.4 Å². The highest BCUT2D eigenvalue weighted by molar-refractivity contribution is 5.82. The second-order valence-electron chi connectivity index (χ2n) is 7.06. The number of hydrogen-bond acceptors (Lipinski definition) is 4. The number of likely N-dealkylation sites (N-methyl/N-ethyl adjacent to an activating group) is 1. The summed E-state index contributed by atoms with van der Waals surface area (Å²) in [6.45, 7) is 5.42. The highest BCUT2D eigenvalue weighted by atomic mass is 19.1. The van der Waals surface area contributed by atoms with Gasteiger partial charge in [-0.2, -0.15) is 5.10 Å². The predicted octanol–water partition coefficient (Wildman–Crippen LogP) is 3.07. The number of benzene rings is 1. The van der Waals surface area contributed by atoms with Gasteiger partial charge in [-0.15, -0.1) is 0 Å². The summed E-state index contributed by atoms with van der Waals surface area (Å²) in [4.78, 5) is 8.99. The largest absolute Gasteiger partial charge is 0.304 e. The molecule has 0 bridgehead atoms. The third-order valence-electron chi connectivity index (χ3n) is 5.20. The Hall–Kier alpha value is -2.57. The second-order valence-corrected chi connectivity index (χ2v) is 7.06. The van der Waals surface area contributed by atoms with Crippen LogP contribution in [-0.2, 0) is 6.42 Å². The van der Waals surface area contributed by atoms with Crippen LogP contribution in [0, 0.1) is 5.82 Å². The normalized spacial score (nSPS) is 15.9. The SMILES string of the molecule is CN1CCN(CCc2[nH]nc(-c3ccc(F)cc3)c2-c2ccncc2)CC1. The van der Waals surface area contributed by atoms with Crippen molar-refractivity contribution in [3.05, 3.63) is 60.3 Å². The number of rotatable bonds is 5. The minimum atomic E-state index is -0.241. The summed E-state index contributed by atoms with van der Waals surface area (Å²) in [5.74, 6) is -0.241. The zero-order valence-electron chi connectivity index (χ0n) is 15.5. The molecule has 3 aromatic rings. The topological polar surface area (TPSA) is 48.0 Å². The molecule has 3 heterocycles. The van der Waals surface area contributed by atoms with E-state index >= 15 is 0 Å². The van der Waals surface area contributed by atoms with Crippen LogP contribution in [0.2, 0.25) is 0 Å². The molecule has 0 saturated carbocycles. The number of hydrogen-bond donors (Lipinski definition) is 1. The fraction of sp³-hybridized carbons (Fsp3) is 0.333. The zero-order chi connectivity index (χ0) is 18.6. The van der Waals surface area contributed by atoms with Gasteiger partial charge in [0.25, 0.3) is 0 Å².